The molecule has 4 nitrogen and oxygen atoms in total. The van der Waals surface area contributed by atoms with E-state index < -0.39 is 0 Å². The van der Waals surface area contributed by atoms with Crippen LogP contribution in [0.15, 0.2) is 18.6 Å². The number of pyridine rings is 1. The first kappa shape index (κ1) is 12.0. The van der Waals surface area contributed by atoms with Crippen molar-refractivity contribution in [3.8, 4) is 0 Å². The van der Waals surface area contributed by atoms with Gasteiger partial charge >= 0.3 is 0 Å². The lowest BCUT2D eigenvalue weighted by Gasteiger charge is -2.26. The molecule has 0 saturated carbocycles. The molecule has 3 heterocycles. The molecule has 2 aromatic rings. The van der Waals surface area contributed by atoms with Gasteiger partial charge in [0, 0.05) is 55.3 Å². The SMILES string of the molecule is Clc1cncc(Cl)c1CN1CCc2[nH]ncc2C1. The van der Waals surface area contributed by atoms with E-state index in [4.69, 9.17) is 23.2 Å². The number of nitrogens with zero attached hydrogens (tertiary/aromatic N) is 3. The lowest BCUT2D eigenvalue weighted by molar-refractivity contribution is 0.245. The number of nitrogens with one attached hydrogen (secondary N) is 1. The highest BCUT2D eigenvalue weighted by molar-refractivity contribution is 6.35. The van der Waals surface area contributed by atoms with E-state index in [1.54, 1.807) is 12.4 Å². The minimum atomic E-state index is 0.625. The Labute approximate surface area is 115 Å². The van der Waals surface area contributed by atoms with Gasteiger partial charge in [-0.1, -0.05) is 23.2 Å². The molecule has 0 radical (unpaired) electrons. The molecule has 0 aliphatic carbocycles. The summed E-state index contributed by atoms with van der Waals surface area (Å²) in [6.07, 6.45) is 6.14. The second-order valence-corrected chi connectivity index (χ2v) is 5.23. The fraction of sp³-hybridized carbons (Fsp3) is 0.333. The number of fused-ring (bicyclic) bond motifs is 1. The van der Waals surface area contributed by atoms with Gasteiger partial charge in [-0.2, -0.15) is 5.10 Å². The van der Waals surface area contributed by atoms with Crippen LogP contribution in [0.1, 0.15) is 16.8 Å². The third-order valence-electron chi connectivity index (χ3n) is 3.21. The minimum absolute atomic E-state index is 0.625. The molecule has 18 heavy (non-hydrogen) atoms. The van der Waals surface area contributed by atoms with Gasteiger partial charge < -0.3 is 0 Å². The summed E-state index contributed by atoms with van der Waals surface area (Å²) in [7, 11) is 0. The van der Waals surface area contributed by atoms with E-state index in [2.05, 4.69) is 20.1 Å². The first-order chi connectivity index (χ1) is 8.74. The zero-order chi connectivity index (χ0) is 12.5. The van der Waals surface area contributed by atoms with Crippen molar-refractivity contribution in [2.24, 2.45) is 0 Å². The average Bonchev–Trinajstić information content (AvgIpc) is 2.81. The van der Waals surface area contributed by atoms with Crippen LogP contribution in [0.25, 0.3) is 0 Å². The van der Waals surface area contributed by atoms with Gasteiger partial charge in [-0.25, -0.2) is 0 Å². The second-order valence-electron chi connectivity index (χ2n) is 4.42. The molecule has 0 saturated heterocycles. The molecule has 0 unspecified atom stereocenters. The number of halogens is 2. The van der Waals surface area contributed by atoms with E-state index in [0.717, 1.165) is 31.6 Å². The molecule has 0 fully saturated rings. The predicted molar refractivity (Wildman–Crippen MR) is 70.7 cm³/mol. The Hall–Kier alpha value is -1.10. The minimum Gasteiger partial charge on any atom is -0.294 e. The Balaban J connectivity index is 1.79. The van der Waals surface area contributed by atoms with Crippen LogP contribution in [-0.4, -0.2) is 26.6 Å². The van der Waals surface area contributed by atoms with E-state index in [-0.39, 0.29) is 0 Å². The Kier molecular flexibility index (Phi) is 3.24. The maximum atomic E-state index is 6.14. The normalized spacial score (nSPS) is 15.7. The van der Waals surface area contributed by atoms with Crippen LogP contribution in [0.5, 0.6) is 0 Å². The number of hydrogen-bond acceptors (Lipinski definition) is 3. The third kappa shape index (κ3) is 2.23. The summed E-state index contributed by atoms with van der Waals surface area (Å²) in [6.45, 7) is 2.59. The largest absolute Gasteiger partial charge is 0.294 e. The molecule has 6 heteroatoms. The summed E-state index contributed by atoms with van der Waals surface area (Å²) in [4.78, 5) is 6.28. The van der Waals surface area contributed by atoms with Crippen LogP contribution in [0.4, 0.5) is 0 Å². The summed E-state index contributed by atoms with van der Waals surface area (Å²) in [5.41, 5.74) is 3.43. The molecule has 94 valence electrons. The number of rotatable bonds is 2. The molecule has 0 spiro atoms. The Morgan fingerprint density at radius 1 is 1.22 bits per heavy atom. The van der Waals surface area contributed by atoms with Gasteiger partial charge in [-0.3, -0.25) is 15.0 Å². The van der Waals surface area contributed by atoms with Crippen LogP contribution >= 0.6 is 23.2 Å². The number of aromatic nitrogens is 3. The molecule has 3 rings (SSSR count). The molecule has 0 atom stereocenters. The first-order valence-electron chi connectivity index (χ1n) is 5.75. The maximum absolute atomic E-state index is 6.14. The van der Waals surface area contributed by atoms with Gasteiger partial charge in [0.1, 0.15) is 0 Å². The highest BCUT2D eigenvalue weighted by atomic mass is 35.5. The van der Waals surface area contributed by atoms with Crippen molar-refractivity contribution in [2.75, 3.05) is 6.54 Å². The van der Waals surface area contributed by atoms with Crippen molar-refractivity contribution in [1.29, 1.82) is 0 Å². The maximum Gasteiger partial charge on any atom is 0.0649 e. The standard InChI is InChI=1S/C12H12Cl2N4/c13-10-4-15-5-11(14)9(10)7-18-2-1-12-8(6-18)3-16-17-12/h3-5H,1-2,6-7H2,(H,16,17). The molecule has 0 aromatic carbocycles. The third-order valence-corrected chi connectivity index (χ3v) is 3.86. The molecular weight excluding hydrogens is 271 g/mol. The molecular formula is C12H12Cl2N4. The number of hydrogen-bond donors (Lipinski definition) is 1. The fourth-order valence-electron chi connectivity index (χ4n) is 2.23. The number of H-pyrrole nitrogens is 1. The predicted octanol–water partition coefficient (Wildman–Crippen LogP) is 2.67. The fourth-order valence-corrected chi connectivity index (χ4v) is 2.71. The topological polar surface area (TPSA) is 44.8 Å². The van der Waals surface area contributed by atoms with Gasteiger partial charge in [0.25, 0.3) is 0 Å². The van der Waals surface area contributed by atoms with Crippen LogP contribution in [0, 0.1) is 0 Å². The van der Waals surface area contributed by atoms with Crippen LogP contribution < -0.4 is 0 Å². The van der Waals surface area contributed by atoms with Gasteiger partial charge in [0.15, 0.2) is 0 Å². The quantitative estimate of drug-likeness (QED) is 0.921. The molecule has 1 aliphatic heterocycles. The van der Waals surface area contributed by atoms with Crippen molar-refractivity contribution in [3.05, 3.63) is 45.5 Å². The molecule has 2 aromatic heterocycles. The van der Waals surface area contributed by atoms with Crippen molar-refractivity contribution in [2.45, 2.75) is 19.5 Å². The highest BCUT2D eigenvalue weighted by Crippen LogP contribution is 2.26. The van der Waals surface area contributed by atoms with Crippen molar-refractivity contribution in [1.82, 2.24) is 20.1 Å². The Morgan fingerprint density at radius 3 is 2.78 bits per heavy atom. The van der Waals surface area contributed by atoms with Gasteiger partial charge in [0.05, 0.1) is 16.2 Å². The summed E-state index contributed by atoms with van der Waals surface area (Å²) in [5.74, 6) is 0. The van der Waals surface area contributed by atoms with E-state index >= 15 is 0 Å². The van der Waals surface area contributed by atoms with Crippen molar-refractivity contribution < 1.29 is 0 Å². The van der Waals surface area contributed by atoms with E-state index in [1.807, 2.05) is 6.20 Å². The van der Waals surface area contributed by atoms with E-state index in [0.29, 0.717) is 10.0 Å². The van der Waals surface area contributed by atoms with Gasteiger partial charge in [0.2, 0.25) is 0 Å². The zero-order valence-electron chi connectivity index (χ0n) is 9.66. The molecule has 0 amide bonds. The zero-order valence-corrected chi connectivity index (χ0v) is 11.2. The molecule has 1 N–H and O–H groups in total. The van der Waals surface area contributed by atoms with Crippen molar-refractivity contribution in [3.63, 3.8) is 0 Å². The summed E-state index contributed by atoms with van der Waals surface area (Å²) >= 11 is 12.3. The number of aromatic amines is 1. The van der Waals surface area contributed by atoms with Crippen LogP contribution in [0.2, 0.25) is 10.0 Å². The second kappa shape index (κ2) is 4.88. The Bertz CT molecular complexity index is 547. The first-order valence-corrected chi connectivity index (χ1v) is 6.51. The van der Waals surface area contributed by atoms with Crippen LogP contribution in [-0.2, 0) is 19.5 Å². The lowest BCUT2D eigenvalue weighted by Crippen LogP contribution is -2.29. The van der Waals surface area contributed by atoms with E-state index in [1.165, 1.54) is 11.3 Å². The van der Waals surface area contributed by atoms with Gasteiger partial charge in [-0.15, -0.1) is 0 Å². The van der Waals surface area contributed by atoms with Gasteiger partial charge in [-0.05, 0) is 0 Å². The lowest BCUT2D eigenvalue weighted by atomic mass is 10.1. The molecule has 0 bridgehead atoms. The van der Waals surface area contributed by atoms with E-state index in [9.17, 15) is 0 Å². The monoisotopic (exact) mass is 282 g/mol. The highest BCUT2D eigenvalue weighted by Gasteiger charge is 2.19. The summed E-state index contributed by atoms with van der Waals surface area (Å²) in [6, 6.07) is 0. The Morgan fingerprint density at radius 2 is 2.00 bits per heavy atom. The smallest absolute Gasteiger partial charge is 0.0649 e. The van der Waals surface area contributed by atoms with Crippen LogP contribution in [0.3, 0.4) is 0 Å². The summed E-state index contributed by atoms with van der Waals surface area (Å²) in [5, 5.41) is 8.34. The van der Waals surface area contributed by atoms with Crippen molar-refractivity contribution >= 4 is 23.2 Å². The average molecular weight is 283 g/mol. The molecule has 1 aliphatic rings. The summed E-state index contributed by atoms with van der Waals surface area (Å²) < 4.78 is 0.